The first-order valence-corrected chi connectivity index (χ1v) is 7.52. The zero-order chi connectivity index (χ0) is 17.6. The van der Waals surface area contributed by atoms with Crippen LogP contribution in [0.25, 0.3) is 11.2 Å². The highest BCUT2D eigenvalue weighted by Gasteiger charge is 2.17. The van der Waals surface area contributed by atoms with E-state index >= 15 is 0 Å². The standard InChI is InChI=1S/C17H18N4O3/c1-10-5-6-12(11(2)7-10)13(22)8-21-9-18-15-14(21)16(23)20(4)17(24)19(15)3/h5-7,9H,8H2,1-4H3. The molecule has 0 unspecified atom stereocenters. The maximum atomic E-state index is 12.6. The Kier molecular flexibility index (Phi) is 3.71. The Bertz CT molecular complexity index is 1090. The molecule has 3 rings (SSSR count). The molecule has 0 bridgehead atoms. The molecule has 2 heterocycles. The predicted molar refractivity (Wildman–Crippen MR) is 90.5 cm³/mol. The van der Waals surface area contributed by atoms with E-state index in [1.54, 1.807) is 13.1 Å². The predicted octanol–water partition coefficient (Wildman–Crippen LogP) is 0.933. The van der Waals surface area contributed by atoms with Crippen molar-refractivity contribution in [1.29, 1.82) is 0 Å². The lowest BCUT2D eigenvalue weighted by Gasteiger charge is -2.08. The first-order chi connectivity index (χ1) is 11.3. The monoisotopic (exact) mass is 326 g/mol. The molecule has 24 heavy (non-hydrogen) atoms. The molecule has 0 saturated heterocycles. The van der Waals surface area contributed by atoms with E-state index in [1.807, 2.05) is 26.0 Å². The molecular weight excluding hydrogens is 308 g/mol. The summed E-state index contributed by atoms with van der Waals surface area (Å²) in [6, 6.07) is 5.62. The molecule has 0 amide bonds. The molecule has 3 aromatic rings. The third-order valence-corrected chi connectivity index (χ3v) is 4.21. The maximum absolute atomic E-state index is 12.6. The Morgan fingerprint density at radius 1 is 1.12 bits per heavy atom. The quantitative estimate of drug-likeness (QED) is 0.671. The molecule has 0 atom stereocenters. The van der Waals surface area contributed by atoms with Gasteiger partial charge in [-0.3, -0.25) is 18.7 Å². The van der Waals surface area contributed by atoms with Gasteiger partial charge in [0.15, 0.2) is 16.9 Å². The van der Waals surface area contributed by atoms with E-state index in [-0.39, 0.29) is 23.5 Å². The minimum absolute atomic E-state index is 0.00611. The third-order valence-electron chi connectivity index (χ3n) is 4.21. The van der Waals surface area contributed by atoms with Crippen molar-refractivity contribution in [2.24, 2.45) is 14.1 Å². The molecule has 7 heteroatoms. The van der Waals surface area contributed by atoms with E-state index in [1.165, 1.54) is 22.5 Å². The summed E-state index contributed by atoms with van der Waals surface area (Å²) in [5.41, 5.74) is 2.21. The van der Waals surface area contributed by atoms with E-state index in [0.717, 1.165) is 15.7 Å². The van der Waals surface area contributed by atoms with Gasteiger partial charge in [0.2, 0.25) is 0 Å². The summed E-state index contributed by atoms with van der Waals surface area (Å²) in [4.78, 5) is 41.1. The van der Waals surface area contributed by atoms with Gasteiger partial charge in [0.25, 0.3) is 5.56 Å². The van der Waals surface area contributed by atoms with Crippen LogP contribution in [0.1, 0.15) is 21.5 Å². The Morgan fingerprint density at radius 3 is 2.50 bits per heavy atom. The topological polar surface area (TPSA) is 78.9 Å². The molecule has 0 fully saturated rings. The number of nitrogens with zero attached hydrogens (tertiary/aromatic N) is 4. The van der Waals surface area contributed by atoms with Gasteiger partial charge in [-0.25, -0.2) is 9.78 Å². The van der Waals surface area contributed by atoms with Crippen molar-refractivity contribution >= 4 is 16.9 Å². The smallest absolute Gasteiger partial charge is 0.317 e. The molecule has 1 aromatic carbocycles. The molecular formula is C17H18N4O3. The number of ketones is 1. The fourth-order valence-corrected chi connectivity index (χ4v) is 2.88. The van der Waals surface area contributed by atoms with Crippen molar-refractivity contribution in [3.05, 3.63) is 62.1 Å². The number of aryl methyl sites for hydroxylation is 3. The Labute approximate surface area is 137 Å². The molecule has 2 aromatic heterocycles. The van der Waals surface area contributed by atoms with Gasteiger partial charge in [-0.15, -0.1) is 0 Å². The van der Waals surface area contributed by atoms with Crippen molar-refractivity contribution in [3.8, 4) is 0 Å². The van der Waals surface area contributed by atoms with Gasteiger partial charge in [-0.05, 0) is 19.4 Å². The molecule has 0 aliphatic carbocycles. The summed E-state index contributed by atoms with van der Waals surface area (Å²) < 4.78 is 3.82. The van der Waals surface area contributed by atoms with E-state index in [9.17, 15) is 14.4 Å². The van der Waals surface area contributed by atoms with E-state index < -0.39 is 11.2 Å². The second-order valence-corrected chi connectivity index (χ2v) is 5.99. The first kappa shape index (κ1) is 15.9. The largest absolute Gasteiger partial charge is 0.332 e. The summed E-state index contributed by atoms with van der Waals surface area (Å²) in [7, 11) is 2.96. The van der Waals surface area contributed by atoms with Crippen LogP contribution in [-0.4, -0.2) is 24.5 Å². The van der Waals surface area contributed by atoms with Gasteiger partial charge in [0.1, 0.15) is 0 Å². The molecule has 0 aliphatic rings. The zero-order valence-corrected chi connectivity index (χ0v) is 14.0. The summed E-state index contributed by atoms with van der Waals surface area (Å²) in [6.07, 6.45) is 1.42. The average Bonchev–Trinajstić information content (AvgIpc) is 2.94. The van der Waals surface area contributed by atoms with Crippen molar-refractivity contribution < 1.29 is 4.79 Å². The van der Waals surface area contributed by atoms with Crippen molar-refractivity contribution in [1.82, 2.24) is 18.7 Å². The molecule has 0 N–H and O–H groups in total. The first-order valence-electron chi connectivity index (χ1n) is 7.52. The maximum Gasteiger partial charge on any atom is 0.332 e. The molecule has 124 valence electrons. The zero-order valence-electron chi connectivity index (χ0n) is 14.0. The van der Waals surface area contributed by atoms with Gasteiger partial charge in [0, 0.05) is 19.7 Å². The number of hydrogen-bond acceptors (Lipinski definition) is 4. The van der Waals surface area contributed by atoms with Crippen LogP contribution in [0.2, 0.25) is 0 Å². The van der Waals surface area contributed by atoms with Crippen molar-refractivity contribution in [2.75, 3.05) is 0 Å². The molecule has 0 saturated carbocycles. The Morgan fingerprint density at radius 2 is 1.83 bits per heavy atom. The normalized spacial score (nSPS) is 11.2. The van der Waals surface area contributed by atoms with E-state index in [4.69, 9.17) is 0 Å². The van der Waals surface area contributed by atoms with Gasteiger partial charge >= 0.3 is 5.69 Å². The number of aromatic nitrogens is 4. The number of benzene rings is 1. The van der Waals surface area contributed by atoms with Gasteiger partial charge < -0.3 is 4.57 Å². The number of hydrogen-bond donors (Lipinski definition) is 0. The van der Waals surface area contributed by atoms with Crippen LogP contribution in [-0.2, 0) is 20.6 Å². The molecule has 0 spiro atoms. The fraction of sp³-hybridized carbons (Fsp3) is 0.294. The van der Waals surface area contributed by atoms with Crippen LogP contribution in [0.4, 0.5) is 0 Å². The lowest BCUT2D eigenvalue weighted by atomic mass is 10.0. The second kappa shape index (κ2) is 5.59. The number of Topliss-reactive ketones (excluding diaryl/α,β-unsaturated/α-hetero) is 1. The third kappa shape index (κ3) is 2.38. The summed E-state index contributed by atoms with van der Waals surface area (Å²) in [5.74, 6) is -0.109. The summed E-state index contributed by atoms with van der Waals surface area (Å²) in [5, 5.41) is 0. The fourth-order valence-electron chi connectivity index (χ4n) is 2.88. The summed E-state index contributed by atoms with van der Waals surface area (Å²) >= 11 is 0. The van der Waals surface area contributed by atoms with Crippen LogP contribution in [0.3, 0.4) is 0 Å². The Hall–Kier alpha value is -2.96. The SMILES string of the molecule is Cc1ccc(C(=O)Cn2cnc3c2c(=O)n(C)c(=O)n3C)c(C)c1. The van der Waals surface area contributed by atoms with Crippen LogP contribution in [0.5, 0.6) is 0 Å². The Balaban J connectivity index is 2.10. The average molecular weight is 326 g/mol. The van der Waals surface area contributed by atoms with Crippen LogP contribution in [0, 0.1) is 13.8 Å². The molecule has 0 aliphatic heterocycles. The number of rotatable bonds is 3. The highest BCUT2D eigenvalue weighted by atomic mass is 16.2. The number of carbonyl (C=O) groups excluding carboxylic acids is 1. The highest BCUT2D eigenvalue weighted by Crippen LogP contribution is 2.13. The van der Waals surface area contributed by atoms with E-state index in [2.05, 4.69) is 4.98 Å². The lowest BCUT2D eigenvalue weighted by molar-refractivity contribution is 0.0972. The number of fused-ring (bicyclic) bond motifs is 1. The highest BCUT2D eigenvalue weighted by molar-refractivity contribution is 5.97. The molecule has 0 radical (unpaired) electrons. The van der Waals surface area contributed by atoms with Gasteiger partial charge in [-0.1, -0.05) is 23.8 Å². The lowest BCUT2D eigenvalue weighted by Crippen LogP contribution is -2.37. The van der Waals surface area contributed by atoms with Gasteiger partial charge in [0.05, 0.1) is 12.9 Å². The molecule has 7 nitrogen and oxygen atoms in total. The van der Waals surface area contributed by atoms with Crippen LogP contribution in [0.15, 0.2) is 34.1 Å². The van der Waals surface area contributed by atoms with Crippen molar-refractivity contribution in [3.63, 3.8) is 0 Å². The minimum Gasteiger partial charge on any atom is -0.317 e. The second-order valence-electron chi connectivity index (χ2n) is 5.99. The van der Waals surface area contributed by atoms with Crippen molar-refractivity contribution in [2.45, 2.75) is 20.4 Å². The minimum atomic E-state index is -0.459. The summed E-state index contributed by atoms with van der Waals surface area (Å²) in [6.45, 7) is 3.84. The van der Waals surface area contributed by atoms with Gasteiger partial charge in [-0.2, -0.15) is 0 Å². The number of imidazole rings is 1. The number of carbonyl (C=O) groups is 1. The van der Waals surface area contributed by atoms with Crippen LogP contribution < -0.4 is 11.2 Å². The van der Waals surface area contributed by atoms with E-state index in [0.29, 0.717) is 5.56 Å². The van der Waals surface area contributed by atoms with Crippen LogP contribution >= 0.6 is 0 Å².